The molecule has 0 unspecified atom stereocenters. The van der Waals surface area contributed by atoms with Crippen LogP contribution in [-0.2, 0) is 0 Å². The summed E-state index contributed by atoms with van der Waals surface area (Å²) in [6, 6.07) is 6.00. The van der Waals surface area contributed by atoms with Gasteiger partial charge in [0.2, 0.25) is 0 Å². The number of para-hydroxylation sites is 1. The van der Waals surface area contributed by atoms with Crippen LogP contribution in [0.5, 0.6) is 0 Å². The molecule has 1 saturated heterocycles. The van der Waals surface area contributed by atoms with Gasteiger partial charge in [0.25, 0.3) is 0 Å². The number of nitrogens with two attached hydrogens (primary N) is 1. The maximum atomic E-state index is 9.45. The zero-order valence-corrected chi connectivity index (χ0v) is 9.11. The van der Waals surface area contributed by atoms with Crippen molar-refractivity contribution in [2.45, 2.75) is 25.9 Å². The van der Waals surface area contributed by atoms with E-state index >= 15 is 0 Å². The third-order valence-corrected chi connectivity index (χ3v) is 3.05. The largest absolute Gasteiger partial charge is 0.397 e. The van der Waals surface area contributed by atoms with Crippen molar-refractivity contribution in [3.8, 4) is 0 Å². The second kappa shape index (κ2) is 4.11. The predicted octanol–water partition coefficient (Wildman–Crippen LogP) is 1.54. The summed E-state index contributed by atoms with van der Waals surface area (Å²) < 4.78 is 0. The molecular formula is C12H18N2O. The van der Waals surface area contributed by atoms with E-state index in [4.69, 9.17) is 5.73 Å². The molecule has 15 heavy (non-hydrogen) atoms. The molecule has 0 amide bonds. The second-order valence-corrected chi connectivity index (χ2v) is 4.23. The van der Waals surface area contributed by atoms with Gasteiger partial charge in [0.05, 0.1) is 17.5 Å². The predicted molar refractivity (Wildman–Crippen MR) is 63.0 cm³/mol. The lowest BCUT2D eigenvalue weighted by Gasteiger charge is -2.33. The molecule has 0 bridgehead atoms. The van der Waals surface area contributed by atoms with Gasteiger partial charge in [-0.3, -0.25) is 0 Å². The lowest BCUT2D eigenvalue weighted by Crippen LogP contribution is -2.36. The zero-order valence-electron chi connectivity index (χ0n) is 9.11. The summed E-state index contributed by atoms with van der Waals surface area (Å²) in [4.78, 5) is 2.28. The van der Waals surface area contributed by atoms with Gasteiger partial charge in [0.15, 0.2) is 0 Å². The molecule has 0 aromatic heterocycles. The molecule has 1 aromatic rings. The normalized spacial score (nSPS) is 18.1. The van der Waals surface area contributed by atoms with Gasteiger partial charge in [-0.05, 0) is 31.4 Å². The van der Waals surface area contributed by atoms with Gasteiger partial charge in [-0.15, -0.1) is 0 Å². The SMILES string of the molecule is Cc1cccc(N)c1N1CCC(O)CC1. The van der Waals surface area contributed by atoms with E-state index in [9.17, 15) is 5.11 Å². The number of hydrogen-bond acceptors (Lipinski definition) is 3. The lowest BCUT2D eigenvalue weighted by atomic mass is 10.0. The van der Waals surface area contributed by atoms with Crippen molar-refractivity contribution >= 4 is 11.4 Å². The van der Waals surface area contributed by atoms with E-state index < -0.39 is 0 Å². The fourth-order valence-electron chi connectivity index (χ4n) is 2.20. The summed E-state index contributed by atoms with van der Waals surface area (Å²) in [5.41, 5.74) is 9.18. The summed E-state index contributed by atoms with van der Waals surface area (Å²) in [7, 11) is 0. The van der Waals surface area contributed by atoms with E-state index in [1.807, 2.05) is 12.1 Å². The lowest BCUT2D eigenvalue weighted by molar-refractivity contribution is 0.145. The second-order valence-electron chi connectivity index (χ2n) is 4.23. The third-order valence-electron chi connectivity index (χ3n) is 3.05. The Morgan fingerprint density at radius 3 is 2.60 bits per heavy atom. The molecule has 1 aromatic carbocycles. The summed E-state index contributed by atoms with van der Waals surface area (Å²) in [5.74, 6) is 0. The number of aliphatic hydroxyl groups is 1. The molecule has 0 radical (unpaired) electrons. The molecule has 2 rings (SSSR count). The van der Waals surface area contributed by atoms with Crippen molar-refractivity contribution in [3.05, 3.63) is 23.8 Å². The van der Waals surface area contributed by atoms with Crippen molar-refractivity contribution in [1.82, 2.24) is 0 Å². The Hall–Kier alpha value is -1.22. The Balaban J connectivity index is 2.22. The van der Waals surface area contributed by atoms with Gasteiger partial charge in [-0.2, -0.15) is 0 Å². The van der Waals surface area contributed by atoms with Gasteiger partial charge in [-0.1, -0.05) is 12.1 Å². The van der Waals surface area contributed by atoms with Gasteiger partial charge in [0, 0.05) is 13.1 Å². The van der Waals surface area contributed by atoms with Crippen molar-refractivity contribution in [3.63, 3.8) is 0 Å². The Morgan fingerprint density at radius 2 is 2.00 bits per heavy atom. The van der Waals surface area contributed by atoms with Crippen LogP contribution in [0.1, 0.15) is 18.4 Å². The highest BCUT2D eigenvalue weighted by Gasteiger charge is 2.19. The highest BCUT2D eigenvalue weighted by Crippen LogP contribution is 2.29. The molecule has 1 aliphatic heterocycles. The smallest absolute Gasteiger partial charge is 0.0629 e. The van der Waals surface area contributed by atoms with Crippen LogP contribution in [0.4, 0.5) is 11.4 Å². The number of benzene rings is 1. The first-order valence-electron chi connectivity index (χ1n) is 5.46. The van der Waals surface area contributed by atoms with Crippen LogP contribution in [0.25, 0.3) is 0 Å². The Kier molecular flexibility index (Phi) is 2.82. The molecule has 1 aliphatic rings. The number of anilines is 2. The number of nitrogen functional groups attached to an aromatic ring is 1. The van der Waals surface area contributed by atoms with Gasteiger partial charge >= 0.3 is 0 Å². The van der Waals surface area contributed by atoms with Crippen LogP contribution in [0.2, 0.25) is 0 Å². The minimum atomic E-state index is -0.133. The van der Waals surface area contributed by atoms with Crippen molar-refractivity contribution < 1.29 is 5.11 Å². The highest BCUT2D eigenvalue weighted by atomic mass is 16.3. The van der Waals surface area contributed by atoms with Crippen molar-refractivity contribution in [1.29, 1.82) is 0 Å². The number of rotatable bonds is 1. The van der Waals surface area contributed by atoms with E-state index in [0.717, 1.165) is 37.3 Å². The summed E-state index contributed by atoms with van der Waals surface area (Å²) in [6.45, 7) is 3.88. The number of nitrogens with zero attached hydrogens (tertiary/aromatic N) is 1. The van der Waals surface area contributed by atoms with Crippen molar-refractivity contribution in [2.24, 2.45) is 0 Å². The molecule has 0 atom stereocenters. The van der Waals surface area contributed by atoms with E-state index in [0.29, 0.717) is 0 Å². The maximum Gasteiger partial charge on any atom is 0.0629 e. The summed E-state index contributed by atoms with van der Waals surface area (Å²) >= 11 is 0. The fraction of sp³-hybridized carbons (Fsp3) is 0.500. The average molecular weight is 206 g/mol. The molecule has 3 nitrogen and oxygen atoms in total. The van der Waals surface area contributed by atoms with Crippen molar-refractivity contribution in [2.75, 3.05) is 23.7 Å². The number of piperidine rings is 1. The number of aryl methyl sites for hydroxylation is 1. The molecule has 0 saturated carbocycles. The van der Waals surface area contributed by atoms with E-state index in [-0.39, 0.29) is 6.10 Å². The topological polar surface area (TPSA) is 49.5 Å². The van der Waals surface area contributed by atoms with Crippen LogP contribution < -0.4 is 10.6 Å². The molecule has 82 valence electrons. The number of aliphatic hydroxyl groups excluding tert-OH is 1. The minimum Gasteiger partial charge on any atom is -0.397 e. The zero-order chi connectivity index (χ0) is 10.8. The van der Waals surface area contributed by atoms with Gasteiger partial charge < -0.3 is 15.7 Å². The molecule has 3 heteroatoms. The Labute approximate surface area is 90.5 Å². The molecule has 1 heterocycles. The highest BCUT2D eigenvalue weighted by molar-refractivity contribution is 5.71. The van der Waals surface area contributed by atoms with Crippen LogP contribution >= 0.6 is 0 Å². The third kappa shape index (κ3) is 2.07. The first-order valence-corrected chi connectivity index (χ1v) is 5.46. The van der Waals surface area contributed by atoms with Gasteiger partial charge in [0.1, 0.15) is 0 Å². The van der Waals surface area contributed by atoms with E-state index in [1.165, 1.54) is 5.56 Å². The van der Waals surface area contributed by atoms with Gasteiger partial charge in [-0.25, -0.2) is 0 Å². The first-order chi connectivity index (χ1) is 7.18. The van der Waals surface area contributed by atoms with Crippen LogP contribution in [0.3, 0.4) is 0 Å². The summed E-state index contributed by atoms with van der Waals surface area (Å²) in [6.07, 6.45) is 1.55. The fourth-order valence-corrected chi connectivity index (χ4v) is 2.20. The molecule has 1 fully saturated rings. The van der Waals surface area contributed by atoms with Crippen LogP contribution in [0.15, 0.2) is 18.2 Å². The summed E-state index contributed by atoms with van der Waals surface area (Å²) in [5, 5.41) is 9.45. The monoisotopic (exact) mass is 206 g/mol. The molecule has 3 N–H and O–H groups in total. The van der Waals surface area contributed by atoms with E-state index in [2.05, 4.69) is 17.9 Å². The quantitative estimate of drug-likeness (QED) is 0.685. The standard InChI is InChI=1S/C12H18N2O/c1-9-3-2-4-11(13)12(9)14-7-5-10(15)6-8-14/h2-4,10,15H,5-8,13H2,1H3. The van der Waals surface area contributed by atoms with Crippen LogP contribution in [0, 0.1) is 6.92 Å². The van der Waals surface area contributed by atoms with Crippen LogP contribution in [-0.4, -0.2) is 24.3 Å². The average Bonchev–Trinajstić information content (AvgIpc) is 2.20. The molecule has 0 aliphatic carbocycles. The maximum absolute atomic E-state index is 9.45. The minimum absolute atomic E-state index is 0.133. The van der Waals surface area contributed by atoms with E-state index in [1.54, 1.807) is 0 Å². The molecular weight excluding hydrogens is 188 g/mol. The molecule has 0 spiro atoms. The first kappa shape index (κ1) is 10.3. The Morgan fingerprint density at radius 1 is 1.33 bits per heavy atom. The number of hydrogen-bond donors (Lipinski definition) is 2. The Bertz CT molecular complexity index is 323.